The van der Waals surface area contributed by atoms with Gasteiger partial charge in [-0.25, -0.2) is 0 Å². The zero-order valence-electron chi connectivity index (χ0n) is 14.6. The third-order valence-corrected chi connectivity index (χ3v) is 4.78. The van der Waals surface area contributed by atoms with Crippen molar-refractivity contribution in [2.24, 2.45) is 4.99 Å². The van der Waals surface area contributed by atoms with Crippen LogP contribution in [0.2, 0.25) is 0 Å². The SMILES string of the molecule is CN=C(NCCN1CCCCC1)NCC(=O)NC1CCCCC1. The molecule has 6 heteroatoms. The van der Waals surface area contributed by atoms with Crippen molar-refractivity contribution in [3.05, 3.63) is 0 Å². The maximum Gasteiger partial charge on any atom is 0.239 e. The first-order valence-electron chi connectivity index (χ1n) is 9.24. The molecular formula is C17H33N5O. The Labute approximate surface area is 140 Å². The summed E-state index contributed by atoms with van der Waals surface area (Å²) in [5.74, 6) is 0.775. The van der Waals surface area contributed by atoms with Crippen LogP contribution >= 0.6 is 0 Å². The number of carbonyl (C=O) groups excluding carboxylic acids is 1. The minimum atomic E-state index is 0.0656. The maximum atomic E-state index is 12.0. The van der Waals surface area contributed by atoms with Gasteiger partial charge >= 0.3 is 0 Å². The van der Waals surface area contributed by atoms with Crippen LogP contribution in [0.25, 0.3) is 0 Å². The van der Waals surface area contributed by atoms with E-state index in [1.54, 1.807) is 7.05 Å². The van der Waals surface area contributed by atoms with E-state index in [0.29, 0.717) is 18.5 Å². The third kappa shape index (κ3) is 7.20. The van der Waals surface area contributed by atoms with Crippen LogP contribution in [0.4, 0.5) is 0 Å². The zero-order chi connectivity index (χ0) is 16.3. The first kappa shape index (κ1) is 18.0. The molecule has 2 aliphatic rings. The predicted octanol–water partition coefficient (Wildman–Crippen LogP) is 1.09. The van der Waals surface area contributed by atoms with E-state index < -0.39 is 0 Å². The molecule has 0 bridgehead atoms. The number of aliphatic imine (C=N–C) groups is 1. The van der Waals surface area contributed by atoms with Gasteiger partial charge in [-0.3, -0.25) is 9.79 Å². The van der Waals surface area contributed by atoms with Crippen LogP contribution in [-0.2, 0) is 4.79 Å². The number of likely N-dealkylation sites (tertiary alicyclic amines) is 1. The van der Waals surface area contributed by atoms with Crippen molar-refractivity contribution in [2.75, 3.05) is 39.8 Å². The standard InChI is InChI=1S/C17H33N5O/c1-18-17(19-10-13-22-11-6-3-7-12-22)20-14-16(23)21-15-8-4-2-5-9-15/h15H,2-14H2,1H3,(H,21,23)(H2,18,19,20). The van der Waals surface area contributed by atoms with Gasteiger partial charge < -0.3 is 20.9 Å². The van der Waals surface area contributed by atoms with E-state index in [2.05, 4.69) is 25.8 Å². The lowest BCUT2D eigenvalue weighted by molar-refractivity contribution is -0.120. The number of nitrogens with zero attached hydrogens (tertiary/aromatic N) is 2. The Balaban J connectivity index is 1.57. The molecule has 1 aliphatic carbocycles. The van der Waals surface area contributed by atoms with Gasteiger partial charge in [-0.05, 0) is 38.8 Å². The molecule has 1 saturated carbocycles. The molecule has 0 spiro atoms. The van der Waals surface area contributed by atoms with Gasteiger partial charge in [-0.2, -0.15) is 0 Å². The van der Waals surface area contributed by atoms with Crippen LogP contribution < -0.4 is 16.0 Å². The fourth-order valence-corrected chi connectivity index (χ4v) is 3.43. The van der Waals surface area contributed by atoms with E-state index in [4.69, 9.17) is 0 Å². The quantitative estimate of drug-likeness (QED) is 0.505. The Hall–Kier alpha value is -1.30. The highest BCUT2D eigenvalue weighted by atomic mass is 16.2. The van der Waals surface area contributed by atoms with E-state index in [1.165, 1.54) is 51.6 Å². The van der Waals surface area contributed by atoms with Crippen LogP contribution in [-0.4, -0.2) is 62.6 Å². The number of guanidine groups is 1. The summed E-state index contributed by atoms with van der Waals surface area (Å²) in [5, 5.41) is 9.51. The summed E-state index contributed by atoms with van der Waals surface area (Å²) in [6, 6.07) is 0.368. The summed E-state index contributed by atoms with van der Waals surface area (Å²) in [4.78, 5) is 18.7. The predicted molar refractivity (Wildman–Crippen MR) is 94.7 cm³/mol. The summed E-state index contributed by atoms with van der Waals surface area (Å²) < 4.78 is 0. The Kier molecular flexibility index (Phi) is 8.21. The van der Waals surface area contributed by atoms with Crippen molar-refractivity contribution in [1.29, 1.82) is 0 Å². The van der Waals surface area contributed by atoms with Gasteiger partial charge in [0.2, 0.25) is 5.91 Å². The van der Waals surface area contributed by atoms with Crippen molar-refractivity contribution in [1.82, 2.24) is 20.9 Å². The highest BCUT2D eigenvalue weighted by Crippen LogP contribution is 2.17. The number of hydrogen-bond acceptors (Lipinski definition) is 3. The first-order chi connectivity index (χ1) is 11.3. The second-order valence-electron chi connectivity index (χ2n) is 6.66. The third-order valence-electron chi connectivity index (χ3n) is 4.78. The number of carbonyl (C=O) groups is 1. The second-order valence-corrected chi connectivity index (χ2v) is 6.66. The molecule has 0 aromatic carbocycles. The highest BCUT2D eigenvalue weighted by molar-refractivity contribution is 5.86. The topological polar surface area (TPSA) is 68.8 Å². The molecule has 2 rings (SSSR count). The summed E-state index contributed by atoms with van der Waals surface area (Å²) >= 11 is 0. The lowest BCUT2D eigenvalue weighted by Gasteiger charge is -2.26. The fourth-order valence-electron chi connectivity index (χ4n) is 3.43. The molecule has 3 N–H and O–H groups in total. The van der Waals surface area contributed by atoms with Gasteiger partial charge in [0.1, 0.15) is 0 Å². The van der Waals surface area contributed by atoms with Crippen LogP contribution in [0.1, 0.15) is 51.4 Å². The fraction of sp³-hybridized carbons (Fsp3) is 0.882. The molecule has 0 aromatic rings. The Morgan fingerprint density at radius 1 is 1.04 bits per heavy atom. The summed E-state index contributed by atoms with van der Waals surface area (Å²) in [6.45, 7) is 4.60. The van der Waals surface area contributed by atoms with E-state index in [9.17, 15) is 4.79 Å². The smallest absolute Gasteiger partial charge is 0.239 e. The Morgan fingerprint density at radius 3 is 2.43 bits per heavy atom. The molecule has 1 saturated heterocycles. The van der Waals surface area contributed by atoms with Gasteiger partial charge in [-0.1, -0.05) is 25.7 Å². The summed E-state index contributed by atoms with van der Waals surface area (Å²) in [5.41, 5.74) is 0. The molecule has 1 heterocycles. The van der Waals surface area contributed by atoms with Crippen molar-refractivity contribution < 1.29 is 4.79 Å². The molecule has 1 aliphatic heterocycles. The van der Waals surface area contributed by atoms with Crippen LogP contribution in [0.5, 0.6) is 0 Å². The van der Waals surface area contributed by atoms with Crippen molar-refractivity contribution in [3.63, 3.8) is 0 Å². The van der Waals surface area contributed by atoms with E-state index in [-0.39, 0.29) is 5.91 Å². The lowest BCUT2D eigenvalue weighted by atomic mass is 9.95. The van der Waals surface area contributed by atoms with Crippen LogP contribution in [0.15, 0.2) is 4.99 Å². The number of nitrogens with one attached hydrogen (secondary N) is 3. The summed E-state index contributed by atoms with van der Waals surface area (Å²) in [6.07, 6.45) is 10.0. The lowest BCUT2D eigenvalue weighted by Crippen LogP contribution is -2.47. The van der Waals surface area contributed by atoms with Crippen molar-refractivity contribution in [3.8, 4) is 0 Å². The molecule has 0 radical (unpaired) electrons. The Morgan fingerprint density at radius 2 is 1.74 bits per heavy atom. The molecule has 23 heavy (non-hydrogen) atoms. The molecule has 0 aromatic heterocycles. The molecular weight excluding hydrogens is 290 g/mol. The van der Waals surface area contributed by atoms with E-state index in [0.717, 1.165) is 25.9 Å². The van der Waals surface area contributed by atoms with Gasteiger partial charge in [-0.15, -0.1) is 0 Å². The minimum Gasteiger partial charge on any atom is -0.355 e. The maximum absolute atomic E-state index is 12.0. The molecule has 2 fully saturated rings. The Bertz CT molecular complexity index is 373. The summed E-state index contributed by atoms with van der Waals surface area (Å²) in [7, 11) is 1.75. The average Bonchev–Trinajstić information content (AvgIpc) is 2.59. The van der Waals surface area contributed by atoms with Gasteiger partial charge in [0.25, 0.3) is 0 Å². The van der Waals surface area contributed by atoms with Gasteiger partial charge in [0.15, 0.2) is 5.96 Å². The monoisotopic (exact) mass is 323 g/mol. The highest BCUT2D eigenvalue weighted by Gasteiger charge is 2.15. The normalized spacial score (nSPS) is 21.0. The molecule has 6 nitrogen and oxygen atoms in total. The number of rotatable bonds is 6. The van der Waals surface area contributed by atoms with E-state index >= 15 is 0 Å². The average molecular weight is 323 g/mol. The van der Waals surface area contributed by atoms with Crippen molar-refractivity contribution >= 4 is 11.9 Å². The number of hydrogen-bond donors (Lipinski definition) is 3. The first-order valence-corrected chi connectivity index (χ1v) is 9.24. The van der Waals surface area contributed by atoms with Crippen LogP contribution in [0, 0.1) is 0 Å². The largest absolute Gasteiger partial charge is 0.355 e. The molecule has 0 atom stereocenters. The van der Waals surface area contributed by atoms with Gasteiger partial charge in [0.05, 0.1) is 6.54 Å². The number of piperidine rings is 1. The minimum absolute atomic E-state index is 0.0656. The number of amides is 1. The van der Waals surface area contributed by atoms with E-state index in [1.807, 2.05) is 0 Å². The second kappa shape index (κ2) is 10.5. The zero-order valence-corrected chi connectivity index (χ0v) is 14.6. The van der Waals surface area contributed by atoms with Crippen molar-refractivity contribution in [2.45, 2.75) is 57.4 Å². The molecule has 1 amide bonds. The molecule has 0 unspecified atom stereocenters. The van der Waals surface area contributed by atoms with Gasteiger partial charge in [0, 0.05) is 26.2 Å². The van der Waals surface area contributed by atoms with Crippen LogP contribution in [0.3, 0.4) is 0 Å². The molecule has 132 valence electrons.